The molecule has 122 valence electrons. The number of amides is 1. The Labute approximate surface area is 130 Å². The van der Waals surface area contributed by atoms with Crippen LogP contribution in [0.1, 0.15) is 18.2 Å². The molecule has 3 N–H and O–H groups in total. The van der Waals surface area contributed by atoms with Crippen LogP contribution in [-0.2, 0) is 11.0 Å². The lowest BCUT2D eigenvalue weighted by molar-refractivity contribution is -0.137. The molecule has 0 unspecified atom stereocenters. The van der Waals surface area contributed by atoms with Crippen LogP contribution < -0.4 is 10.7 Å². The van der Waals surface area contributed by atoms with E-state index in [1.54, 1.807) is 25.3 Å². The first kappa shape index (κ1) is 16.6. The van der Waals surface area contributed by atoms with Crippen LogP contribution in [0.2, 0.25) is 0 Å². The van der Waals surface area contributed by atoms with Gasteiger partial charge in [0, 0.05) is 11.9 Å². The van der Waals surface area contributed by atoms with Gasteiger partial charge >= 0.3 is 6.18 Å². The molecular weight excluding hydrogens is 309 g/mol. The summed E-state index contributed by atoms with van der Waals surface area (Å²) in [5, 5.41) is 6.53. The standard InChI is InChI=1S/C15H15F3N4O/c1-10(13-6-3-7-19-13)21-22-14(23)9-20-12-5-2-4-11(8-12)15(16,17)18/h2-8,19-20H,9H2,1H3,(H,22,23)/b21-10+. The average molecular weight is 324 g/mol. The zero-order valence-electron chi connectivity index (χ0n) is 12.2. The van der Waals surface area contributed by atoms with E-state index in [2.05, 4.69) is 20.8 Å². The minimum absolute atomic E-state index is 0.192. The predicted octanol–water partition coefficient (Wildman–Crippen LogP) is 2.99. The monoisotopic (exact) mass is 324 g/mol. The molecule has 0 saturated heterocycles. The maximum Gasteiger partial charge on any atom is 0.416 e. The van der Waals surface area contributed by atoms with Crippen LogP contribution in [0.5, 0.6) is 0 Å². The van der Waals surface area contributed by atoms with Crippen molar-refractivity contribution < 1.29 is 18.0 Å². The molecule has 0 aliphatic carbocycles. The lowest BCUT2D eigenvalue weighted by atomic mass is 10.2. The topological polar surface area (TPSA) is 69.3 Å². The van der Waals surface area contributed by atoms with Crippen LogP contribution in [0.25, 0.3) is 0 Å². The van der Waals surface area contributed by atoms with Crippen molar-refractivity contribution in [2.45, 2.75) is 13.1 Å². The van der Waals surface area contributed by atoms with Crippen molar-refractivity contribution in [3.05, 3.63) is 53.9 Å². The molecule has 0 atom stereocenters. The van der Waals surface area contributed by atoms with E-state index >= 15 is 0 Å². The number of halogens is 3. The average Bonchev–Trinajstić information content (AvgIpc) is 3.04. The SMILES string of the molecule is C/C(=N\NC(=O)CNc1cccc(C(F)(F)F)c1)c1ccc[nH]1. The first-order chi connectivity index (χ1) is 10.9. The zero-order valence-corrected chi connectivity index (χ0v) is 12.2. The van der Waals surface area contributed by atoms with E-state index in [4.69, 9.17) is 0 Å². The van der Waals surface area contributed by atoms with Gasteiger partial charge in [0.2, 0.25) is 0 Å². The molecule has 0 bridgehead atoms. The minimum atomic E-state index is -4.42. The Morgan fingerprint density at radius 2 is 2.04 bits per heavy atom. The van der Waals surface area contributed by atoms with Crippen molar-refractivity contribution in [1.29, 1.82) is 0 Å². The normalized spacial score (nSPS) is 12.1. The largest absolute Gasteiger partial charge is 0.416 e. The lowest BCUT2D eigenvalue weighted by Crippen LogP contribution is -2.26. The summed E-state index contributed by atoms with van der Waals surface area (Å²) in [6, 6.07) is 8.24. The van der Waals surface area contributed by atoms with Crippen molar-refractivity contribution in [3.63, 3.8) is 0 Å². The van der Waals surface area contributed by atoms with E-state index in [-0.39, 0.29) is 12.2 Å². The van der Waals surface area contributed by atoms with Gasteiger partial charge in [-0.05, 0) is 37.3 Å². The quantitative estimate of drug-likeness (QED) is 0.584. The first-order valence-corrected chi connectivity index (χ1v) is 6.74. The molecule has 5 nitrogen and oxygen atoms in total. The number of hydrogen-bond donors (Lipinski definition) is 3. The second-order valence-electron chi connectivity index (χ2n) is 4.75. The van der Waals surface area contributed by atoms with Crippen molar-refractivity contribution in [1.82, 2.24) is 10.4 Å². The molecule has 0 spiro atoms. The fourth-order valence-corrected chi connectivity index (χ4v) is 1.79. The third-order valence-electron chi connectivity index (χ3n) is 2.98. The third-order valence-corrected chi connectivity index (χ3v) is 2.98. The highest BCUT2D eigenvalue weighted by Gasteiger charge is 2.30. The smallest absolute Gasteiger partial charge is 0.376 e. The van der Waals surface area contributed by atoms with E-state index in [0.29, 0.717) is 5.71 Å². The van der Waals surface area contributed by atoms with Crippen molar-refractivity contribution in [2.24, 2.45) is 5.10 Å². The Hall–Kier alpha value is -2.77. The summed E-state index contributed by atoms with van der Waals surface area (Å²) >= 11 is 0. The molecule has 1 amide bonds. The highest BCUT2D eigenvalue weighted by Crippen LogP contribution is 2.30. The number of nitrogens with zero attached hydrogens (tertiary/aromatic N) is 1. The second kappa shape index (κ2) is 6.99. The molecule has 1 heterocycles. The van der Waals surface area contributed by atoms with Crippen LogP contribution in [0, 0.1) is 0 Å². The summed E-state index contributed by atoms with van der Waals surface area (Å²) in [6.45, 7) is 1.52. The van der Waals surface area contributed by atoms with Crippen molar-refractivity contribution in [3.8, 4) is 0 Å². The molecule has 23 heavy (non-hydrogen) atoms. The molecule has 2 aromatic rings. The number of nitrogens with one attached hydrogen (secondary N) is 3. The number of carbonyl (C=O) groups excluding carboxylic acids is 1. The number of aromatic nitrogens is 1. The number of anilines is 1. The van der Waals surface area contributed by atoms with Gasteiger partial charge in [0.15, 0.2) is 0 Å². The maximum atomic E-state index is 12.6. The number of carbonyl (C=O) groups is 1. The summed E-state index contributed by atoms with van der Waals surface area (Å²) in [7, 11) is 0. The number of benzene rings is 1. The molecule has 1 aromatic heterocycles. The number of H-pyrrole nitrogens is 1. The van der Waals surface area contributed by atoms with Crippen LogP contribution in [0.4, 0.5) is 18.9 Å². The van der Waals surface area contributed by atoms with Gasteiger partial charge in [-0.1, -0.05) is 6.07 Å². The molecular formula is C15H15F3N4O. The van der Waals surface area contributed by atoms with Crippen LogP contribution in [0.15, 0.2) is 47.7 Å². The van der Waals surface area contributed by atoms with E-state index in [1.165, 1.54) is 12.1 Å². The molecule has 2 rings (SSSR count). The molecule has 0 radical (unpaired) electrons. The number of aromatic amines is 1. The second-order valence-corrected chi connectivity index (χ2v) is 4.75. The Bertz CT molecular complexity index is 693. The Morgan fingerprint density at radius 3 is 2.70 bits per heavy atom. The van der Waals surface area contributed by atoms with Gasteiger partial charge in [0.05, 0.1) is 23.5 Å². The predicted molar refractivity (Wildman–Crippen MR) is 81.1 cm³/mol. The highest BCUT2D eigenvalue weighted by molar-refractivity contribution is 5.97. The fourth-order valence-electron chi connectivity index (χ4n) is 1.79. The summed E-state index contributed by atoms with van der Waals surface area (Å²) in [6.07, 6.45) is -2.69. The molecule has 1 aromatic carbocycles. The van der Waals surface area contributed by atoms with Crippen LogP contribution >= 0.6 is 0 Å². The molecule has 0 aliphatic heterocycles. The summed E-state index contributed by atoms with van der Waals surface area (Å²) in [5.41, 5.74) is 3.11. The van der Waals surface area contributed by atoms with Crippen LogP contribution in [-0.4, -0.2) is 23.1 Å². The fraction of sp³-hybridized carbons (Fsp3) is 0.200. The van der Waals surface area contributed by atoms with Crippen LogP contribution in [0.3, 0.4) is 0 Å². The van der Waals surface area contributed by atoms with Gasteiger partial charge in [-0.3, -0.25) is 4.79 Å². The molecule has 8 heteroatoms. The number of rotatable bonds is 5. The molecule has 0 aliphatic rings. The van der Waals surface area contributed by atoms with Gasteiger partial charge in [-0.2, -0.15) is 18.3 Å². The molecule has 0 fully saturated rings. The van der Waals surface area contributed by atoms with Gasteiger partial charge < -0.3 is 10.3 Å². The summed E-state index contributed by atoms with van der Waals surface area (Å²) < 4.78 is 37.7. The Kier molecular flexibility index (Phi) is 5.05. The van der Waals surface area contributed by atoms with Gasteiger partial charge in [0.25, 0.3) is 5.91 Å². The van der Waals surface area contributed by atoms with Crippen molar-refractivity contribution >= 4 is 17.3 Å². The molecule has 0 saturated carbocycles. The van der Waals surface area contributed by atoms with Crippen molar-refractivity contribution in [2.75, 3.05) is 11.9 Å². The zero-order chi connectivity index (χ0) is 16.9. The number of hydrazone groups is 1. The maximum absolute atomic E-state index is 12.6. The summed E-state index contributed by atoms with van der Waals surface area (Å²) in [5.74, 6) is -0.465. The van der Waals surface area contributed by atoms with E-state index in [0.717, 1.165) is 17.8 Å². The number of alkyl halides is 3. The minimum Gasteiger partial charge on any atom is -0.376 e. The number of hydrogen-bond acceptors (Lipinski definition) is 3. The van der Waals surface area contributed by atoms with Gasteiger partial charge in [-0.25, -0.2) is 5.43 Å². The Morgan fingerprint density at radius 1 is 1.26 bits per heavy atom. The third kappa shape index (κ3) is 4.87. The Balaban J connectivity index is 1.89. The lowest BCUT2D eigenvalue weighted by Gasteiger charge is -2.10. The highest BCUT2D eigenvalue weighted by atomic mass is 19.4. The summed E-state index contributed by atoms with van der Waals surface area (Å²) in [4.78, 5) is 14.6. The van der Waals surface area contributed by atoms with Gasteiger partial charge in [-0.15, -0.1) is 0 Å². The van der Waals surface area contributed by atoms with E-state index in [9.17, 15) is 18.0 Å². The first-order valence-electron chi connectivity index (χ1n) is 6.74. The van der Waals surface area contributed by atoms with E-state index < -0.39 is 17.6 Å². The van der Waals surface area contributed by atoms with Gasteiger partial charge in [0.1, 0.15) is 0 Å². The van der Waals surface area contributed by atoms with E-state index in [1.807, 2.05) is 0 Å².